The van der Waals surface area contributed by atoms with Gasteiger partial charge in [0.05, 0.1) is 0 Å². The van der Waals surface area contributed by atoms with E-state index in [1.54, 1.807) is 6.07 Å². The van der Waals surface area contributed by atoms with Crippen LogP contribution in [0.25, 0.3) is 0 Å². The third kappa shape index (κ3) is 2.48. The highest BCUT2D eigenvalue weighted by atomic mass is 16.5. The van der Waals surface area contributed by atoms with E-state index in [0.29, 0.717) is 11.7 Å². The molecule has 0 saturated heterocycles. The molecule has 0 aromatic carbocycles. The van der Waals surface area contributed by atoms with Crippen molar-refractivity contribution in [3.8, 4) is 6.01 Å². The van der Waals surface area contributed by atoms with E-state index in [0.717, 1.165) is 18.5 Å². The van der Waals surface area contributed by atoms with Crippen LogP contribution in [0.2, 0.25) is 0 Å². The van der Waals surface area contributed by atoms with Gasteiger partial charge in [0.2, 0.25) is 0 Å². The number of aromatic nitrogens is 2. The van der Waals surface area contributed by atoms with Crippen molar-refractivity contribution in [1.82, 2.24) is 9.97 Å². The molecule has 86 valence electrons. The zero-order valence-electron chi connectivity index (χ0n) is 9.36. The number of hydrogen-bond donors (Lipinski definition) is 2. The van der Waals surface area contributed by atoms with Gasteiger partial charge >= 0.3 is 6.01 Å². The predicted molar refractivity (Wildman–Crippen MR) is 60.7 cm³/mol. The van der Waals surface area contributed by atoms with Crippen molar-refractivity contribution in [3.63, 3.8) is 0 Å². The molecule has 0 unspecified atom stereocenters. The maximum atomic E-state index is 7.35. The number of nitrogens with one attached hydrogen (secondary N) is 1. The number of hydrogen-bond acceptors (Lipinski definition) is 4. The molecule has 1 fully saturated rings. The fourth-order valence-corrected chi connectivity index (χ4v) is 1.89. The third-order valence-corrected chi connectivity index (χ3v) is 2.68. The van der Waals surface area contributed by atoms with Gasteiger partial charge in [-0.15, -0.1) is 0 Å². The number of nitrogen functional groups attached to an aromatic ring is 1. The average molecular weight is 220 g/mol. The van der Waals surface area contributed by atoms with E-state index in [1.165, 1.54) is 12.8 Å². The molecule has 2 rings (SSSR count). The van der Waals surface area contributed by atoms with Gasteiger partial charge in [0.25, 0.3) is 0 Å². The minimum absolute atomic E-state index is 0.0539. The molecule has 1 aliphatic rings. The number of nitrogens with zero attached hydrogens (tertiary/aromatic N) is 2. The summed E-state index contributed by atoms with van der Waals surface area (Å²) in [6, 6.07) is 2.03. The fourth-order valence-electron chi connectivity index (χ4n) is 1.89. The van der Waals surface area contributed by atoms with Crippen molar-refractivity contribution in [1.29, 1.82) is 5.41 Å². The Morgan fingerprint density at radius 2 is 2.12 bits per heavy atom. The molecule has 0 amide bonds. The first-order valence-electron chi connectivity index (χ1n) is 5.52. The zero-order valence-corrected chi connectivity index (χ0v) is 9.36. The summed E-state index contributed by atoms with van der Waals surface area (Å²) in [5.74, 6) is -0.0539. The molecule has 1 saturated carbocycles. The molecule has 0 bridgehead atoms. The third-order valence-electron chi connectivity index (χ3n) is 2.68. The smallest absolute Gasteiger partial charge is 0.317 e. The minimum Gasteiger partial charge on any atom is -0.460 e. The van der Waals surface area contributed by atoms with E-state index in [1.807, 2.05) is 6.92 Å². The quantitative estimate of drug-likeness (QED) is 0.595. The molecule has 0 atom stereocenters. The Balaban J connectivity index is 2.16. The molecule has 5 nitrogen and oxygen atoms in total. The summed E-state index contributed by atoms with van der Waals surface area (Å²) >= 11 is 0. The van der Waals surface area contributed by atoms with Crippen molar-refractivity contribution in [2.75, 3.05) is 0 Å². The maximum absolute atomic E-state index is 7.35. The average Bonchev–Trinajstić information content (AvgIpc) is 2.69. The predicted octanol–water partition coefficient (Wildman–Crippen LogP) is 1.39. The Morgan fingerprint density at radius 3 is 2.75 bits per heavy atom. The number of rotatable bonds is 3. The summed E-state index contributed by atoms with van der Waals surface area (Å²) in [7, 11) is 0. The second-order valence-corrected chi connectivity index (χ2v) is 4.12. The van der Waals surface area contributed by atoms with Crippen molar-refractivity contribution in [2.45, 2.75) is 38.7 Å². The van der Waals surface area contributed by atoms with E-state index in [4.69, 9.17) is 15.9 Å². The lowest BCUT2D eigenvalue weighted by molar-refractivity contribution is 0.191. The molecule has 1 aliphatic carbocycles. The van der Waals surface area contributed by atoms with Crippen LogP contribution in [0, 0.1) is 12.3 Å². The number of amidine groups is 1. The molecule has 1 aromatic heterocycles. The number of nitrogens with two attached hydrogens (primary N) is 1. The topological polar surface area (TPSA) is 84.9 Å². The van der Waals surface area contributed by atoms with E-state index in [-0.39, 0.29) is 11.9 Å². The van der Waals surface area contributed by atoms with Crippen molar-refractivity contribution in [3.05, 3.63) is 17.5 Å². The highest BCUT2D eigenvalue weighted by Gasteiger charge is 2.18. The summed E-state index contributed by atoms with van der Waals surface area (Å²) in [5.41, 5.74) is 6.60. The van der Waals surface area contributed by atoms with Crippen molar-refractivity contribution < 1.29 is 4.74 Å². The highest BCUT2D eigenvalue weighted by Crippen LogP contribution is 2.22. The van der Waals surface area contributed by atoms with E-state index in [9.17, 15) is 0 Å². The molecule has 1 aromatic rings. The zero-order chi connectivity index (χ0) is 11.5. The molecular weight excluding hydrogens is 204 g/mol. The SMILES string of the molecule is Cc1cc(C(=N)N)nc(OC2CCCC2)n1. The fraction of sp³-hybridized carbons (Fsp3) is 0.545. The number of ether oxygens (including phenoxy) is 1. The van der Waals surface area contributed by atoms with Crippen LogP contribution in [0.4, 0.5) is 0 Å². The van der Waals surface area contributed by atoms with Crippen LogP contribution in [0.5, 0.6) is 6.01 Å². The largest absolute Gasteiger partial charge is 0.460 e. The standard InChI is InChI=1S/C11H16N4O/c1-7-6-9(10(12)13)15-11(14-7)16-8-4-2-3-5-8/h6,8H,2-5H2,1H3,(H3,12,13). The second-order valence-electron chi connectivity index (χ2n) is 4.12. The van der Waals surface area contributed by atoms with Gasteiger partial charge in [0.15, 0.2) is 0 Å². The van der Waals surface area contributed by atoms with Gasteiger partial charge in [0, 0.05) is 5.69 Å². The van der Waals surface area contributed by atoms with Gasteiger partial charge in [0.1, 0.15) is 17.6 Å². The minimum atomic E-state index is -0.0539. The lowest BCUT2D eigenvalue weighted by Crippen LogP contribution is -2.17. The van der Waals surface area contributed by atoms with E-state index < -0.39 is 0 Å². The van der Waals surface area contributed by atoms with Crippen LogP contribution in [0.15, 0.2) is 6.07 Å². The second kappa shape index (κ2) is 4.47. The highest BCUT2D eigenvalue weighted by molar-refractivity contribution is 5.93. The van der Waals surface area contributed by atoms with Gasteiger partial charge in [-0.1, -0.05) is 0 Å². The Morgan fingerprint density at radius 1 is 1.44 bits per heavy atom. The Labute approximate surface area is 94.6 Å². The normalized spacial score (nSPS) is 16.3. The van der Waals surface area contributed by atoms with Crippen LogP contribution >= 0.6 is 0 Å². The first kappa shape index (κ1) is 10.9. The van der Waals surface area contributed by atoms with Crippen LogP contribution in [0.3, 0.4) is 0 Å². The van der Waals surface area contributed by atoms with Gasteiger partial charge < -0.3 is 10.5 Å². The molecule has 1 heterocycles. The summed E-state index contributed by atoms with van der Waals surface area (Å²) in [4.78, 5) is 8.31. The molecule has 0 aliphatic heterocycles. The van der Waals surface area contributed by atoms with Crippen LogP contribution in [-0.4, -0.2) is 21.9 Å². The molecular formula is C11H16N4O. The first-order valence-corrected chi connectivity index (χ1v) is 5.52. The van der Waals surface area contributed by atoms with Crippen molar-refractivity contribution >= 4 is 5.84 Å². The van der Waals surface area contributed by atoms with Gasteiger partial charge in [-0.3, -0.25) is 5.41 Å². The summed E-state index contributed by atoms with van der Waals surface area (Å²) < 4.78 is 5.67. The first-order chi connectivity index (χ1) is 7.65. The monoisotopic (exact) mass is 220 g/mol. The maximum Gasteiger partial charge on any atom is 0.317 e. The van der Waals surface area contributed by atoms with Crippen LogP contribution in [0.1, 0.15) is 37.1 Å². The number of aryl methyl sites for hydroxylation is 1. The lowest BCUT2D eigenvalue weighted by Gasteiger charge is -2.12. The van der Waals surface area contributed by atoms with Gasteiger partial charge in [-0.2, -0.15) is 4.98 Å². The van der Waals surface area contributed by atoms with E-state index >= 15 is 0 Å². The summed E-state index contributed by atoms with van der Waals surface area (Å²) in [6.07, 6.45) is 4.76. The van der Waals surface area contributed by atoms with Crippen molar-refractivity contribution in [2.24, 2.45) is 5.73 Å². The summed E-state index contributed by atoms with van der Waals surface area (Å²) in [5, 5.41) is 7.35. The van der Waals surface area contributed by atoms with E-state index in [2.05, 4.69) is 9.97 Å². The molecule has 3 N–H and O–H groups in total. The summed E-state index contributed by atoms with van der Waals surface area (Å²) in [6.45, 7) is 1.84. The van der Waals surface area contributed by atoms with Gasteiger partial charge in [-0.05, 0) is 38.7 Å². The Kier molecular flexibility index (Phi) is 3.03. The molecule has 16 heavy (non-hydrogen) atoms. The molecule has 0 spiro atoms. The Hall–Kier alpha value is -1.65. The molecule has 5 heteroatoms. The lowest BCUT2D eigenvalue weighted by atomic mass is 10.3. The Bertz CT molecular complexity index is 399. The van der Waals surface area contributed by atoms with Crippen LogP contribution in [-0.2, 0) is 0 Å². The van der Waals surface area contributed by atoms with Crippen LogP contribution < -0.4 is 10.5 Å². The molecule has 0 radical (unpaired) electrons. The van der Waals surface area contributed by atoms with Gasteiger partial charge in [-0.25, -0.2) is 4.98 Å².